The summed E-state index contributed by atoms with van der Waals surface area (Å²) in [5, 5.41) is 3.19. The van der Waals surface area contributed by atoms with Crippen molar-refractivity contribution < 1.29 is 22.3 Å². The maximum atomic E-state index is 13.4. The van der Waals surface area contributed by atoms with E-state index in [2.05, 4.69) is 5.32 Å². The van der Waals surface area contributed by atoms with E-state index < -0.39 is 28.5 Å². The molecule has 0 unspecified atom stereocenters. The first-order chi connectivity index (χ1) is 15.2. The number of hydrogen-bond donors (Lipinski definition) is 1. The van der Waals surface area contributed by atoms with Crippen LogP contribution in [0.2, 0.25) is 5.02 Å². The minimum atomic E-state index is -4.07. The lowest BCUT2D eigenvalue weighted by Gasteiger charge is -2.25. The molecule has 0 spiro atoms. The number of nitrogens with zero attached hydrogens (tertiary/aromatic N) is 1. The molecule has 0 heterocycles. The topological polar surface area (TPSA) is 75.7 Å². The highest BCUT2D eigenvalue weighted by Gasteiger charge is 2.28. The molecule has 0 radical (unpaired) electrons. The van der Waals surface area contributed by atoms with Gasteiger partial charge in [-0.15, -0.1) is 0 Å². The molecule has 3 rings (SSSR count). The van der Waals surface area contributed by atoms with Crippen molar-refractivity contribution in [1.29, 1.82) is 0 Å². The quantitative estimate of drug-likeness (QED) is 0.517. The highest BCUT2D eigenvalue weighted by molar-refractivity contribution is 7.92. The maximum absolute atomic E-state index is 13.4. The lowest BCUT2D eigenvalue weighted by atomic mass is 10.1. The van der Waals surface area contributed by atoms with Crippen molar-refractivity contribution in [3.8, 4) is 5.75 Å². The molecule has 32 heavy (non-hydrogen) atoms. The Bertz CT molecular complexity index is 1170. The van der Waals surface area contributed by atoms with E-state index in [1.54, 1.807) is 31.2 Å². The van der Waals surface area contributed by atoms with Crippen LogP contribution in [0.1, 0.15) is 18.5 Å². The molecule has 168 valence electrons. The van der Waals surface area contributed by atoms with Gasteiger partial charge in [-0.1, -0.05) is 23.7 Å². The largest absolute Gasteiger partial charge is 0.497 e. The standard InChI is InChI=1S/C23H22ClFN2O4S/c1-16(17-3-7-19(25)8-4-17)26-23(28)15-27(20-9-5-18(24)6-10-20)32(29,30)22-13-11-21(31-2)12-14-22/h3-14,16H,15H2,1-2H3,(H,26,28)/t16-/m1/s1. The summed E-state index contributed by atoms with van der Waals surface area (Å²) < 4.78 is 46.0. The third kappa shape index (κ3) is 5.57. The van der Waals surface area contributed by atoms with Gasteiger partial charge in [0.05, 0.1) is 23.7 Å². The van der Waals surface area contributed by atoms with Gasteiger partial charge in [0.25, 0.3) is 10.0 Å². The maximum Gasteiger partial charge on any atom is 0.264 e. The van der Waals surface area contributed by atoms with Crippen molar-refractivity contribution in [2.75, 3.05) is 18.0 Å². The Labute approximate surface area is 191 Å². The van der Waals surface area contributed by atoms with Gasteiger partial charge in [0, 0.05) is 5.02 Å². The molecule has 9 heteroatoms. The van der Waals surface area contributed by atoms with E-state index >= 15 is 0 Å². The van der Waals surface area contributed by atoms with E-state index in [4.69, 9.17) is 16.3 Å². The minimum absolute atomic E-state index is 0.00707. The number of anilines is 1. The lowest BCUT2D eigenvalue weighted by Crippen LogP contribution is -2.41. The summed E-state index contributed by atoms with van der Waals surface area (Å²) in [6.45, 7) is 1.28. The van der Waals surface area contributed by atoms with Crippen LogP contribution in [-0.2, 0) is 14.8 Å². The first-order valence-electron chi connectivity index (χ1n) is 9.68. The molecule has 0 aliphatic heterocycles. The number of carbonyl (C=O) groups is 1. The van der Waals surface area contributed by atoms with Crippen molar-refractivity contribution in [2.45, 2.75) is 17.9 Å². The van der Waals surface area contributed by atoms with Gasteiger partial charge in [0.15, 0.2) is 0 Å². The number of sulfonamides is 1. The van der Waals surface area contributed by atoms with E-state index in [1.165, 1.54) is 55.6 Å². The number of amides is 1. The summed E-state index contributed by atoms with van der Waals surface area (Å²) in [5.74, 6) is -0.395. The van der Waals surface area contributed by atoms with Gasteiger partial charge in [0.2, 0.25) is 5.91 Å². The fourth-order valence-electron chi connectivity index (χ4n) is 3.05. The number of carbonyl (C=O) groups excluding carboxylic acids is 1. The van der Waals surface area contributed by atoms with Crippen LogP contribution >= 0.6 is 11.6 Å². The van der Waals surface area contributed by atoms with Crippen LogP contribution in [0, 0.1) is 5.82 Å². The number of rotatable bonds is 8. The molecule has 1 atom stereocenters. The molecule has 0 aliphatic rings. The van der Waals surface area contributed by atoms with Crippen LogP contribution in [-0.4, -0.2) is 28.0 Å². The molecule has 0 saturated carbocycles. The Kier molecular flexibility index (Phi) is 7.37. The van der Waals surface area contributed by atoms with E-state index in [-0.39, 0.29) is 16.4 Å². The Hall–Kier alpha value is -3.10. The van der Waals surface area contributed by atoms with Crippen LogP contribution < -0.4 is 14.4 Å². The molecule has 0 saturated heterocycles. The predicted octanol–water partition coefficient (Wildman–Crippen LogP) is 4.56. The molecule has 1 N–H and O–H groups in total. The Balaban J connectivity index is 1.87. The Morgan fingerprint density at radius 2 is 1.62 bits per heavy atom. The summed E-state index contributed by atoms with van der Waals surface area (Å²) in [6.07, 6.45) is 0. The number of hydrogen-bond acceptors (Lipinski definition) is 4. The first-order valence-corrected chi connectivity index (χ1v) is 11.5. The van der Waals surface area contributed by atoms with Gasteiger partial charge in [-0.25, -0.2) is 12.8 Å². The van der Waals surface area contributed by atoms with Crippen molar-refractivity contribution in [3.05, 3.63) is 89.2 Å². The van der Waals surface area contributed by atoms with E-state index in [1.807, 2.05) is 0 Å². The average molecular weight is 477 g/mol. The van der Waals surface area contributed by atoms with Crippen molar-refractivity contribution >= 4 is 33.2 Å². The average Bonchev–Trinajstić information content (AvgIpc) is 2.78. The highest BCUT2D eigenvalue weighted by atomic mass is 35.5. The van der Waals surface area contributed by atoms with Crippen LogP contribution in [0.3, 0.4) is 0 Å². The molecular formula is C23H22ClFN2O4S. The van der Waals surface area contributed by atoms with E-state index in [0.717, 1.165) is 4.31 Å². The summed E-state index contributed by atoms with van der Waals surface area (Å²) in [4.78, 5) is 12.8. The summed E-state index contributed by atoms with van der Waals surface area (Å²) in [7, 11) is -2.59. The Morgan fingerprint density at radius 3 is 2.19 bits per heavy atom. The molecular weight excluding hydrogens is 455 g/mol. The fraction of sp³-hybridized carbons (Fsp3) is 0.174. The van der Waals surface area contributed by atoms with Gasteiger partial charge < -0.3 is 10.1 Å². The molecule has 0 aromatic heterocycles. The van der Waals surface area contributed by atoms with Crippen LogP contribution in [0.4, 0.5) is 10.1 Å². The second-order valence-electron chi connectivity index (χ2n) is 7.00. The summed E-state index contributed by atoms with van der Waals surface area (Å²) in [5.41, 5.74) is 0.977. The molecule has 3 aromatic carbocycles. The molecule has 6 nitrogen and oxygen atoms in total. The highest BCUT2D eigenvalue weighted by Crippen LogP contribution is 2.26. The van der Waals surface area contributed by atoms with Gasteiger partial charge >= 0.3 is 0 Å². The van der Waals surface area contributed by atoms with Crippen molar-refractivity contribution in [3.63, 3.8) is 0 Å². The van der Waals surface area contributed by atoms with Gasteiger partial charge in [-0.05, 0) is 73.2 Å². The molecule has 0 bridgehead atoms. The third-order valence-corrected chi connectivity index (χ3v) is 6.84. The number of halogens is 2. The first kappa shape index (κ1) is 23.6. The number of nitrogens with one attached hydrogen (secondary N) is 1. The summed E-state index contributed by atoms with van der Waals surface area (Å²) >= 11 is 5.95. The monoisotopic (exact) mass is 476 g/mol. The zero-order chi connectivity index (χ0) is 23.3. The molecule has 1 amide bonds. The van der Waals surface area contributed by atoms with E-state index in [0.29, 0.717) is 16.3 Å². The molecule has 0 fully saturated rings. The van der Waals surface area contributed by atoms with Crippen LogP contribution in [0.25, 0.3) is 0 Å². The number of methoxy groups -OCH3 is 1. The van der Waals surface area contributed by atoms with Crippen LogP contribution in [0.5, 0.6) is 5.75 Å². The van der Waals surface area contributed by atoms with E-state index in [9.17, 15) is 17.6 Å². The number of ether oxygens (including phenoxy) is 1. The molecule has 0 aliphatic carbocycles. The SMILES string of the molecule is COc1ccc(S(=O)(=O)N(CC(=O)N[C@H](C)c2ccc(F)cc2)c2ccc(Cl)cc2)cc1. The fourth-order valence-corrected chi connectivity index (χ4v) is 4.60. The van der Waals surface area contributed by atoms with Crippen molar-refractivity contribution in [2.24, 2.45) is 0 Å². The normalized spacial score (nSPS) is 12.1. The van der Waals surface area contributed by atoms with Gasteiger partial charge in [-0.3, -0.25) is 9.10 Å². The zero-order valence-electron chi connectivity index (χ0n) is 17.5. The smallest absolute Gasteiger partial charge is 0.264 e. The Morgan fingerprint density at radius 1 is 1.03 bits per heavy atom. The molecule has 3 aromatic rings. The lowest BCUT2D eigenvalue weighted by molar-refractivity contribution is -0.120. The minimum Gasteiger partial charge on any atom is -0.497 e. The number of benzene rings is 3. The van der Waals surface area contributed by atoms with Gasteiger partial charge in [0.1, 0.15) is 18.1 Å². The van der Waals surface area contributed by atoms with Crippen LogP contribution in [0.15, 0.2) is 77.7 Å². The zero-order valence-corrected chi connectivity index (χ0v) is 19.0. The van der Waals surface area contributed by atoms with Gasteiger partial charge in [-0.2, -0.15) is 0 Å². The van der Waals surface area contributed by atoms with Crippen molar-refractivity contribution in [1.82, 2.24) is 5.32 Å². The summed E-state index contributed by atoms with van der Waals surface area (Å²) in [6, 6.07) is 17.3. The predicted molar refractivity (Wildman–Crippen MR) is 122 cm³/mol. The second-order valence-corrected chi connectivity index (χ2v) is 9.30. The second kappa shape index (κ2) is 10.0. The third-order valence-electron chi connectivity index (χ3n) is 4.80.